The molecular weight excluding hydrogens is 260 g/mol. The molecule has 4 nitrogen and oxygen atoms in total. The molecule has 1 aromatic heterocycles. The third kappa shape index (κ3) is 4.33. The third-order valence-corrected chi connectivity index (χ3v) is 3.84. The molecule has 0 amide bonds. The highest BCUT2D eigenvalue weighted by Gasteiger charge is 2.08. The monoisotopic (exact) mass is 286 g/mol. The minimum atomic E-state index is 0.252. The summed E-state index contributed by atoms with van der Waals surface area (Å²) in [6.45, 7) is 9.74. The SMILES string of the molecule is CCN(CC)Cc1cccc(NC(C)c2cnn(C)c2)c1. The lowest BCUT2D eigenvalue weighted by atomic mass is 10.1. The van der Waals surface area contributed by atoms with E-state index in [0.29, 0.717) is 0 Å². The zero-order valence-electron chi connectivity index (χ0n) is 13.5. The average molecular weight is 286 g/mol. The van der Waals surface area contributed by atoms with Crippen molar-refractivity contribution in [3.05, 3.63) is 47.8 Å². The number of hydrogen-bond donors (Lipinski definition) is 1. The van der Waals surface area contributed by atoms with E-state index < -0.39 is 0 Å². The van der Waals surface area contributed by atoms with Gasteiger partial charge in [-0.3, -0.25) is 9.58 Å². The quantitative estimate of drug-likeness (QED) is 0.846. The second-order valence-corrected chi connectivity index (χ2v) is 5.48. The maximum Gasteiger partial charge on any atom is 0.0542 e. The Bertz CT molecular complexity index is 557. The lowest BCUT2D eigenvalue weighted by molar-refractivity contribution is 0.296. The summed E-state index contributed by atoms with van der Waals surface area (Å²) in [5.74, 6) is 0. The van der Waals surface area contributed by atoms with Gasteiger partial charge in [-0.15, -0.1) is 0 Å². The van der Waals surface area contributed by atoms with Crippen LogP contribution in [-0.2, 0) is 13.6 Å². The molecule has 2 rings (SSSR count). The molecule has 0 fully saturated rings. The van der Waals surface area contributed by atoms with Crippen molar-refractivity contribution in [1.29, 1.82) is 0 Å². The lowest BCUT2D eigenvalue weighted by Crippen LogP contribution is -2.22. The first-order chi connectivity index (χ1) is 10.1. The smallest absolute Gasteiger partial charge is 0.0542 e. The molecular formula is C17H26N4. The summed E-state index contributed by atoms with van der Waals surface area (Å²) >= 11 is 0. The number of hydrogen-bond acceptors (Lipinski definition) is 3. The van der Waals surface area contributed by atoms with Crippen LogP contribution in [0.5, 0.6) is 0 Å². The van der Waals surface area contributed by atoms with E-state index in [1.54, 1.807) is 0 Å². The van der Waals surface area contributed by atoms with Gasteiger partial charge in [-0.1, -0.05) is 26.0 Å². The Hall–Kier alpha value is -1.81. The number of aryl methyl sites for hydroxylation is 1. The third-order valence-electron chi connectivity index (χ3n) is 3.84. The van der Waals surface area contributed by atoms with Gasteiger partial charge in [0.25, 0.3) is 0 Å². The van der Waals surface area contributed by atoms with Crippen molar-refractivity contribution in [2.45, 2.75) is 33.4 Å². The molecule has 2 aromatic rings. The Morgan fingerprint density at radius 2 is 2.05 bits per heavy atom. The second kappa shape index (κ2) is 7.27. The minimum absolute atomic E-state index is 0.252. The van der Waals surface area contributed by atoms with Gasteiger partial charge < -0.3 is 5.32 Å². The van der Waals surface area contributed by atoms with Gasteiger partial charge in [0.1, 0.15) is 0 Å². The van der Waals surface area contributed by atoms with E-state index >= 15 is 0 Å². The number of aromatic nitrogens is 2. The first-order valence-electron chi connectivity index (χ1n) is 7.68. The molecule has 0 saturated heterocycles. The zero-order valence-corrected chi connectivity index (χ0v) is 13.5. The molecule has 0 spiro atoms. The van der Waals surface area contributed by atoms with E-state index in [1.165, 1.54) is 11.1 Å². The maximum atomic E-state index is 4.23. The van der Waals surface area contributed by atoms with Crippen LogP contribution in [0, 0.1) is 0 Å². The topological polar surface area (TPSA) is 33.1 Å². The fourth-order valence-corrected chi connectivity index (χ4v) is 2.46. The predicted molar refractivity (Wildman–Crippen MR) is 88.3 cm³/mol. The molecule has 114 valence electrons. The number of benzene rings is 1. The van der Waals surface area contributed by atoms with Crippen molar-refractivity contribution in [3.63, 3.8) is 0 Å². The molecule has 0 saturated carbocycles. The molecule has 1 aromatic carbocycles. The van der Waals surface area contributed by atoms with Crippen LogP contribution >= 0.6 is 0 Å². The fraction of sp³-hybridized carbons (Fsp3) is 0.471. The summed E-state index contributed by atoms with van der Waals surface area (Å²) in [6, 6.07) is 8.93. The standard InChI is InChI=1S/C17H26N4/c1-5-21(6-2)12-15-8-7-9-17(10-15)19-14(3)16-11-18-20(4)13-16/h7-11,13-14,19H,5-6,12H2,1-4H3. The molecule has 0 aliphatic rings. The molecule has 1 heterocycles. The van der Waals surface area contributed by atoms with Crippen molar-refractivity contribution in [2.24, 2.45) is 7.05 Å². The molecule has 21 heavy (non-hydrogen) atoms. The van der Waals surface area contributed by atoms with E-state index in [4.69, 9.17) is 0 Å². The van der Waals surface area contributed by atoms with Gasteiger partial charge in [0.2, 0.25) is 0 Å². The van der Waals surface area contributed by atoms with Crippen molar-refractivity contribution in [3.8, 4) is 0 Å². The van der Waals surface area contributed by atoms with Gasteiger partial charge >= 0.3 is 0 Å². The molecule has 1 N–H and O–H groups in total. The molecule has 0 bridgehead atoms. The van der Waals surface area contributed by atoms with Crippen molar-refractivity contribution in [2.75, 3.05) is 18.4 Å². The molecule has 1 unspecified atom stereocenters. The van der Waals surface area contributed by atoms with Gasteiger partial charge in [-0.2, -0.15) is 5.10 Å². The van der Waals surface area contributed by atoms with E-state index in [-0.39, 0.29) is 6.04 Å². The summed E-state index contributed by atoms with van der Waals surface area (Å²) in [4.78, 5) is 2.42. The maximum absolute atomic E-state index is 4.23. The Morgan fingerprint density at radius 3 is 2.67 bits per heavy atom. The van der Waals surface area contributed by atoms with Crippen molar-refractivity contribution >= 4 is 5.69 Å². The molecule has 0 radical (unpaired) electrons. The highest BCUT2D eigenvalue weighted by Crippen LogP contribution is 2.20. The predicted octanol–water partition coefficient (Wildman–Crippen LogP) is 3.44. The van der Waals surface area contributed by atoms with Gasteiger partial charge in [0, 0.05) is 31.0 Å². The first kappa shape index (κ1) is 15.6. The highest BCUT2D eigenvalue weighted by molar-refractivity contribution is 5.47. The van der Waals surface area contributed by atoms with Crippen LogP contribution in [0.3, 0.4) is 0 Å². The molecule has 0 aliphatic heterocycles. The zero-order chi connectivity index (χ0) is 15.2. The van der Waals surface area contributed by atoms with Gasteiger partial charge in [-0.25, -0.2) is 0 Å². The van der Waals surface area contributed by atoms with E-state index in [9.17, 15) is 0 Å². The molecule has 0 aliphatic carbocycles. The van der Waals surface area contributed by atoms with Crippen molar-refractivity contribution < 1.29 is 0 Å². The van der Waals surface area contributed by atoms with Crippen LogP contribution in [0.4, 0.5) is 5.69 Å². The summed E-state index contributed by atoms with van der Waals surface area (Å²) in [6.07, 6.45) is 3.97. The highest BCUT2D eigenvalue weighted by atomic mass is 15.2. The van der Waals surface area contributed by atoms with Crippen LogP contribution in [0.2, 0.25) is 0 Å². The summed E-state index contributed by atoms with van der Waals surface area (Å²) < 4.78 is 1.84. The number of nitrogens with one attached hydrogen (secondary N) is 1. The van der Waals surface area contributed by atoms with Crippen LogP contribution in [0.25, 0.3) is 0 Å². The second-order valence-electron chi connectivity index (χ2n) is 5.48. The van der Waals surface area contributed by atoms with Gasteiger partial charge in [0.15, 0.2) is 0 Å². The van der Waals surface area contributed by atoms with Crippen LogP contribution in [-0.4, -0.2) is 27.8 Å². The number of rotatable bonds is 7. The fourth-order valence-electron chi connectivity index (χ4n) is 2.46. The first-order valence-corrected chi connectivity index (χ1v) is 7.68. The Kier molecular flexibility index (Phi) is 5.39. The number of anilines is 1. The number of nitrogens with zero attached hydrogens (tertiary/aromatic N) is 3. The lowest BCUT2D eigenvalue weighted by Gasteiger charge is -2.19. The van der Waals surface area contributed by atoms with Gasteiger partial charge in [0.05, 0.1) is 12.2 Å². The largest absolute Gasteiger partial charge is 0.378 e. The molecule has 1 atom stereocenters. The summed E-state index contributed by atoms with van der Waals surface area (Å²) in [7, 11) is 1.95. The Labute approximate surface area is 127 Å². The minimum Gasteiger partial charge on any atom is -0.378 e. The van der Waals surface area contributed by atoms with Gasteiger partial charge in [-0.05, 0) is 37.7 Å². The summed E-state index contributed by atoms with van der Waals surface area (Å²) in [5.41, 5.74) is 3.71. The normalized spacial score (nSPS) is 12.6. The Balaban J connectivity index is 2.03. The molecule has 4 heteroatoms. The Morgan fingerprint density at radius 1 is 1.29 bits per heavy atom. The van der Waals surface area contributed by atoms with Crippen LogP contribution < -0.4 is 5.32 Å². The van der Waals surface area contributed by atoms with E-state index in [2.05, 4.69) is 66.5 Å². The average Bonchev–Trinajstić information content (AvgIpc) is 2.92. The van der Waals surface area contributed by atoms with E-state index in [1.807, 2.05) is 17.9 Å². The van der Waals surface area contributed by atoms with Crippen molar-refractivity contribution in [1.82, 2.24) is 14.7 Å². The van der Waals surface area contributed by atoms with E-state index in [0.717, 1.165) is 25.3 Å². The van der Waals surface area contributed by atoms with Crippen LogP contribution in [0.1, 0.15) is 37.9 Å². The summed E-state index contributed by atoms with van der Waals surface area (Å²) in [5, 5.41) is 7.78. The van der Waals surface area contributed by atoms with Crippen LogP contribution in [0.15, 0.2) is 36.7 Å².